The molecule has 0 spiro atoms. The molecule has 1 fully saturated rings. The normalized spacial score (nSPS) is 14.3. The van der Waals surface area contributed by atoms with Crippen molar-refractivity contribution in [3.05, 3.63) is 102 Å². The van der Waals surface area contributed by atoms with Crippen LogP contribution in [0.25, 0.3) is 22.5 Å². The lowest BCUT2D eigenvalue weighted by molar-refractivity contribution is 0.0941. The summed E-state index contributed by atoms with van der Waals surface area (Å²) in [6, 6.07) is 20.1. The standard InChI is InChI=1S/C28H23Br2N3O2/c29-19-9-6-16(7-10-19)15-33-25-21(23(30)26(33)28(35)31-20-11-12-20)13-8-18-14-22(27(34)32-24(18)25)17-4-2-1-3-5-17/h1-7,9-10,14,20H,8,11-13,15H2,(H,31,35)(H,32,34). The molecule has 0 saturated heterocycles. The van der Waals surface area contributed by atoms with Crippen LogP contribution in [-0.4, -0.2) is 21.5 Å². The number of amides is 1. The van der Waals surface area contributed by atoms with Crippen molar-refractivity contribution < 1.29 is 4.79 Å². The van der Waals surface area contributed by atoms with Gasteiger partial charge in [0.15, 0.2) is 0 Å². The zero-order valence-electron chi connectivity index (χ0n) is 18.9. The highest BCUT2D eigenvalue weighted by atomic mass is 79.9. The lowest BCUT2D eigenvalue weighted by Crippen LogP contribution is -2.28. The molecule has 1 amide bonds. The van der Waals surface area contributed by atoms with E-state index in [0.29, 0.717) is 17.8 Å². The molecule has 0 radical (unpaired) electrons. The molecule has 2 N–H and O–H groups in total. The predicted octanol–water partition coefficient (Wildman–Crippen LogP) is 6.07. The first-order valence-corrected chi connectivity index (χ1v) is 13.4. The van der Waals surface area contributed by atoms with Gasteiger partial charge in [0, 0.05) is 22.6 Å². The fourth-order valence-electron chi connectivity index (χ4n) is 4.86. The summed E-state index contributed by atoms with van der Waals surface area (Å²) >= 11 is 7.27. The highest BCUT2D eigenvalue weighted by molar-refractivity contribution is 9.10. The van der Waals surface area contributed by atoms with Crippen LogP contribution in [0.5, 0.6) is 0 Å². The number of hydrogen-bond donors (Lipinski definition) is 2. The fraction of sp³-hybridized carbons (Fsp3) is 0.214. The number of pyridine rings is 1. The van der Waals surface area contributed by atoms with Crippen LogP contribution in [0, 0.1) is 0 Å². The van der Waals surface area contributed by atoms with Gasteiger partial charge in [-0.05, 0) is 82.1 Å². The van der Waals surface area contributed by atoms with Gasteiger partial charge >= 0.3 is 0 Å². The van der Waals surface area contributed by atoms with Gasteiger partial charge < -0.3 is 14.9 Å². The van der Waals surface area contributed by atoms with Crippen LogP contribution >= 0.6 is 31.9 Å². The molecule has 1 saturated carbocycles. The molecule has 0 aliphatic heterocycles. The summed E-state index contributed by atoms with van der Waals surface area (Å²) in [6.45, 7) is 0.524. The van der Waals surface area contributed by atoms with Crippen molar-refractivity contribution in [2.45, 2.75) is 38.3 Å². The van der Waals surface area contributed by atoms with Gasteiger partial charge in [-0.1, -0.05) is 58.4 Å². The molecule has 0 bridgehead atoms. The first-order chi connectivity index (χ1) is 17.0. The van der Waals surface area contributed by atoms with Crippen molar-refractivity contribution in [2.24, 2.45) is 0 Å². The van der Waals surface area contributed by atoms with Crippen LogP contribution in [0.1, 0.15) is 40.0 Å². The van der Waals surface area contributed by atoms with E-state index in [2.05, 4.69) is 58.9 Å². The largest absolute Gasteiger partial charge is 0.348 e. The Hall–Kier alpha value is -2.90. The molecule has 2 aliphatic rings. The number of aryl methyl sites for hydroxylation is 1. The molecule has 2 heterocycles. The second-order valence-electron chi connectivity index (χ2n) is 9.23. The number of aromatic amines is 1. The predicted molar refractivity (Wildman–Crippen MR) is 145 cm³/mol. The summed E-state index contributed by atoms with van der Waals surface area (Å²) in [5.74, 6) is -0.0734. The molecule has 7 heteroatoms. The Bertz CT molecular complexity index is 1500. The number of nitrogens with zero attached hydrogens (tertiary/aromatic N) is 1. The number of hydrogen-bond acceptors (Lipinski definition) is 2. The van der Waals surface area contributed by atoms with Crippen LogP contribution in [0.15, 0.2) is 74.4 Å². The van der Waals surface area contributed by atoms with Crippen molar-refractivity contribution in [1.82, 2.24) is 14.9 Å². The Balaban J connectivity index is 1.52. The molecule has 2 aromatic carbocycles. The molecule has 35 heavy (non-hydrogen) atoms. The average Bonchev–Trinajstić information content (AvgIpc) is 3.63. The molecule has 2 aliphatic carbocycles. The van der Waals surface area contributed by atoms with Crippen molar-refractivity contribution >= 4 is 37.8 Å². The summed E-state index contributed by atoms with van der Waals surface area (Å²) < 4.78 is 3.89. The maximum Gasteiger partial charge on any atom is 0.269 e. The van der Waals surface area contributed by atoms with E-state index < -0.39 is 0 Å². The van der Waals surface area contributed by atoms with Crippen molar-refractivity contribution in [3.63, 3.8) is 0 Å². The highest BCUT2D eigenvalue weighted by Crippen LogP contribution is 2.41. The lowest BCUT2D eigenvalue weighted by atomic mass is 9.92. The Morgan fingerprint density at radius 3 is 2.49 bits per heavy atom. The number of halogens is 2. The molecule has 5 nitrogen and oxygen atoms in total. The molecule has 6 rings (SSSR count). The van der Waals surface area contributed by atoms with Gasteiger partial charge in [0.05, 0.1) is 15.9 Å². The van der Waals surface area contributed by atoms with Gasteiger partial charge in [0.2, 0.25) is 0 Å². The zero-order chi connectivity index (χ0) is 24.1. The third-order valence-electron chi connectivity index (χ3n) is 6.77. The van der Waals surface area contributed by atoms with E-state index in [1.54, 1.807) is 0 Å². The maximum atomic E-state index is 13.4. The number of nitrogens with one attached hydrogen (secondary N) is 2. The van der Waals surface area contributed by atoms with Crippen LogP contribution in [0.2, 0.25) is 0 Å². The van der Waals surface area contributed by atoms with E-state index >= 15 is 0 Å². The number of H-pyrrole nitrogens is 1. The second-order valence-corrected chi connectivity index (χ2v) is 10.9. The second kappa shape index (κ2) is 8.95. The summed E-state index contributed by atoms with van der Waals surface area (Å²) in [5.41, 5.74) is 7.02. The highest BCUT2D eigenvalue weighted by Gasteiger charge is 2.33. The monoisotopic (exact) mass is 591 g/mol. The minimum atomic E-state index is -0.126. The van der Waals surface area contributed by atoms with Gasteiger partial charge in [0.1, 0.15) is 5.69 Å². The molecule has 2 aromatic heterocycles. The fourth-order valence-corrected chi connectivity index (χ4v) is 5.91. The van der Waals surface area contributed by atoms with E-state index in [1.165, 1.54) is 0 Å². The molecular formula is C28H23Br2N3O2. The van der Waals surface area contributed by atoms with Gasteiger partial charge in [0.25, 0.3) is 11.5 Å². The molecular weight excluding hydrogens is 570 g/mol. The number of aromatic nitrogens is 2. The molecule has 4 aromatic rings. The van der Waals surface area contributed by atoms with Crippen LogP contribution in [0.3, 0.4) is 0 Å². The first kappa shape index (κ1) is 22.6. The molecule has 176 valence electrons. The Kier molecular flexibility index (Phi) is 5.77. The lowest BCUT2D eigenvalue weighted by Gasteiger charge is -2.21. The maximum absolute atomic E-state index is 13.4. The van der Waals surface area contributed by atoms with Crippen LogP contribution in [0.4, 0.5) is 0 Å². The Morgan fingerprint density at radius 1 is 1.03 bits per heavy atom. The molecule has 0 unspecified atom stereocenters. The van der Waals surface area contributed by atoms with Gasteiger partial charge in [-0.3, -0.25) is 9.59 Å². The number of carbonyl (C=O) groups excluding carboxylic acids is 1. The van der Waals surface area contributed by atoms with Crippen LogP contribution < -0.4 is 10.9 Å². The smallest absolute Gasteiger partial charge is 0.269 e. The summed E-state index contributed by atoms with van der Waals surface area (Å²) in [5, 5.41) is 3.15. The van der Waals surface area contributed by atoms with E-state index in [1.807, 2.05) is 48.5 Å². The van der Waals surface area contributed by atoms with Crippen molar-refractivity contribution in [3.8, 4) is 22.5 Å². The van der Waals surface area contributed by atoms with Crippen molar-refractivity contribution in [1.29, 1.82) is 0 Å². The summed E-state index contributed by atoms with van der Waals surface area (Å²) in [4.78, 5) is 29.8. The van der Waals surface area contributed by atoms with E-state index in [0.717, 1.165) is 68.3 Å². The van der Waals surface area contributed by atoms with Gasteiger partial charge in [-0.15, -0.1) is 0 Å². The third-order valence-corrected chi connectivity index (χ3v) is 8.15. The Morgan fingerprint density at radius 2 is 1.77 bits per heavy atom. The SMILES string of the molecule is O=C(NC1CC1)c1c(Br)c2c(n1Cc1ccc(Br)cc1)-c1[nH]c(=O)c(-c3ccccc3)cc1CC2. The Labute approximate surface area is 219 Å². The topological polar surface area (TPSA) is 66.9 Å². The zero-order valence-corrected chi connectivity index (χ0v) is 22.1. The van der Waals surface area contributed by atoms with E-state index in [-0.39, 0.29) is 17.5 Å². The molecule has 0 atom stereocenters. The van der Waals surface area contributed by atoms with Crippen molar-refractivity contribution in [2.75, 3.05) is 0 Å². The number of benzene rings is 2. The summed E-state index contributed by atoms with van der Waals surface area (Å²) in [6.07, 6.45) is 3.63. The summed E-state index contributed by atoms with van der Waals surface area (Å²) in [7, 11) is 0. The minimum absolute atomic E-state index is 0.0734. The number of carbonyl (C=O) groups is 1. The average molecular weight is 593 g/mol. The van der Waals surface area contributed by atoms with Crippen LogP contribution in [-0.2, 0) is 19.4 Å². The number of rotatable bonds is 5. The minimum Gasteiger partial charge on any atom is -0.348 e. The van der Waals surface area contributed by atoms with Gasteiger partial charge in [-0.2, -0.15) is 0 Å². The van der Waals surface area contributed by atoms with E-state index in [4.69, 9.17) is 0 Å². The quantitative estimate of drug-likeness (QED) is 0.295. The van der Waals surface area contributed by atoms with Gasteiger partial charge in [-0.25, -0.2) is 0 Å². The first-order valence-electron chi connectivity index (χ1n) is 11.8. The third kappa shape index (κ3) is 4.21. The number of fused-ring (bicyclic) bond motifs is 3. The van der Waals surface area contributed by atoms with E-state index in [9.17, 15) is 9.59 Å².